The first kappa shape index (κ1) is 10.6. The summed E-state index contributed by atoms with van der Waals surface area (Å²) >= 11 is 5.00. The zero-order chi connectivity index (χ0) is 11.0. The number of aryl methyl sites for hydroxylation is 1. The lowest BCUT2D eigenvalue weighted by Crippen LogP contribution is -2.11. The predicted octanol–water partition coefficient (Wildman–Crippen LogP) is 2.45. The molecule has 0 spiro atoms. The minimum absolute atomic E-state index is 0.173. The highest BCUT2D eigenvalue weighted by atomic mass is 79.9. The zero-order valence-electron chi connectivity index (χ0n) is 8.32. The van der Waals surface area contributed by atoms with Crippen LogP contribution in [0.3, 0.4) is 0 Å². The minimum Gasteiger partial charge on any atom is -0.319 e. The second-order valence-corrected chi connectivity index (χ2v) is 5.02. The highest BCUT2D eigenvalue weighted by molar-refractivity contribution is 9.10. The van der Waals surface area contributed by atoms with Gasteiger partial charge in [-0.05, 0) is 28.1 Å². The van der Waals surface area contributed by atoms with Crippen LogP contribution in [-0.2, 0) is 11.8 Å². The number of hydrogen-bond acceptors (Lipinski definition) is 2. The van der Waals surface area contributed by atoms with E-state index in [2.05, 4.69) is 20.9 Å². The Hall–Kier alpha value is -0.940. The summed E-state index contributed by atoms with van der Waals surface area (Å²) in [5.74, 6) is -0.173. The first-order chi connectivity index (χ1) is 7.09. The maximum absolute atomic E-state index is 10.9. The normalized spacial score (nSPS) is 12.3. The predicted molar refractivity (Wildman–Crippen MR) is 64.7 cm³/mol. The fourth-order valence-corrected chi connectivity index (χ4v) is 3.25. The number of benzene rings is 1. The van der Waals surface area contributed by atoms with Crippen molar-refractivity contribution in [3.05, 3.63) is 27.5 Å². The molecule has 0 unspecified atom stereocenters. The van der Waals surface area contributed by atoms with Crippen LogP contribution in [0.2, 0.25) is 0 Å². The topological polar surface area (TPSA) is 34.4 Å². The molecule has 0 aliphatic carbocycles. The average Bonchev–Trinajstić information content (AvgIpc) is 2.44. The fraction of sp³-hybridized carbons (Fsp3) is 0.200. The van der Waals surface area contributed by atoms with Crippen LogP contribution in [-0.4, -0.2) is 10.5 Å². The number of halogens is 1. The highest BCUT2D eigenvalue weighted by Crippen LogP contribution is 2.24. The molecule has 0 saturated heterocycles. The van der Waals surface area contributed by atoms with Crippen LogP contribution in [0.4, 0.5) is 0 Å². The molecule has 0 aliphatic rings. The van der Waals surface area contributed by atoms with Crippen LogP contribution < -0.4 is 4.80 Å². The lowest BCUT2D eigenvalue weighted by molar-refractivity contribution is -0.116. The first-order valence-corrected chi connectivity index (χ1v) is 6.00. The Morgan fingerprint density at radius 2 is 2.27 bits per heavy atom. The van der Waals surface area contributed by atoms with Crippen molar-refractivity contribution in [1.82, 2.24) is 4.57 Å². The number of rotatable bonds is 0. The third-order valence-electron chi connectivity index (χ3n) is 2.03. The number of carbonyl (C=O) groups excluding carboxylic acids is 1. The van der Waals surface area contributed by atoms with Gasteiger partial charge in [0.25, 0.3) is 0 Å². The van der Waals surface area contributed by atoms with Crippen molar-refractivity contribution < 1.29 is 4.79 Å². The summed E-state index contributed by atoms with van der Waals surface area (Å²) in [6.45, 7) is 1.46. The number of para-hydroxylation sites is 1. The molecule has 0 aliphatic heterocycles. The Morgan fingerprint density at radius 3 is 2.87 bits per heavy atom. The van der Waals surface area contributed by atoms with E-state index in [4.69, 9.17) is 0 Å². The van der Waals surface area contributed by atoms with Crippen molar-refractivity contribution in [2.45, 2.75) is 6.92 Å². The molecule has 0 N–H and O–H groups in total. The van der Waals surface area contributed by atoms with E-state index >= 15 is 0 Å². The standard InChI is InChI=1S/C10H9BrN2OS/c1-6(14)12-10-13(2)9-7(11)4-3-5-8(9)15-10/h3-5H,1-2H3. The van der Waals surface area contributed by atoms with E-state index in [9.17, 15) is 4.79 Å². The Kier molecular flexibility index (Phi) is 2.75. The van der Waals surface area contributed by atoms with Crippen LogP contribution in [0, 0.1) is 0 Å². The average molecular weight is 285 g/mol. The van der Waals surface area contributed by atoms with Gasteiger partial charge >= 0.3 is 0 Å². The molecule has 1 aromatic carbocycles. The largest absolute Gasteiger partial charge is 0.319 e. The molecule has 3 nitrogen and oxygen atoms in total. The molecule has 78 valence electrons. The van der Waals surface area contributed by atoms with Crippen LogP contribution in [0.1, 0.15) is 6.92 Å². The van der Waals surface area contributed by atoms with Crippen molar-refractivity contribution in [1.29, 1.82) is 0 Å². The van der Waals surface area contributed by atoms with Crippen LogP contribution in [0.25, 0.3) is 10.2 Å². The van der Waals surface area contributed by atoms with E-state index in [-0.39, 0.29) is 5.91 Å². The van der Waals surface area contributed by atoms with Crippen molar-refractivity contribution in [2.24, 2.45) is 12.0 Å². The second kappa shape index (κ2) is 3.90. The van der Waals surface area contributed by atoms with E-state index in [1.807, 2.05) is 29.8 Å². The molecule has 0 radical (unpaired) electrons. The van der Waals surface area contributed by atoms with Crippen molar-refractivity contribution in [3.63, 3.8) is 0 Å². The van der Waals surface area contributed by atoms with Gasteiger partial charge in [-0.3, -0.25) is 4.79 Å². The van der Waals surface area contributed by atoms with Crippen molar-refractivity contribution >= 4 is 43.4 Å². The molecule has 1 aromatic heterocycles. The monoisotopic (exact) mass is 284 g/mol. The van der Waals surface area contributed by atoms with Gasteiger partial charge in [-0.2, -0.15) is 4.99 Å². The second-order valence-electron chi connectivity index (χ2n) is 3.16. The van der Waals surface area contributed by atoms with Crippen LogP contribution in [0.15, 0.2) is 27.7 Å². The van der Waals surface area contributed by atoms with Gasteiger partial charge in [0.05, 0.1) is 10.2 Å². The number of amides is 1. The molecular formula is C10H9BrN2OS. The number of thiazole rings is 1. The molecule has 2 aromatic rings. The molecular weight excluding hydrogens is 276 g/mol. The number of aromatic nitrogens is 1. The Bertz CT molecular complexity index is 597. The lowest BCUT2D eigenvalue weighted by atomic mass is 10.3. The van der Waals surface area contributed by atoms with E-state index < -0.39 is 0 Å². The number of carbonyl (C=O) groups is 1. The quantitative estimate of drug-likeness (QED) is 0.732. The third-order valence-corrected chi connectivity index (χ3v) is 3.76. The molecule has 1 amide bonds. The van der Waals surface area contributed by atoms with Crippen LogP contribution in [0.5, 0.6) is 0 Å². The Morgan fingerprint density at radius 1 is 1.53 bits per heavy atom. The van der Waals surface area contributed by atoms with Gasteiger partial charge in [0, 0.05) is 18.4 Å². The van der Waals surface area contributed by atoms with E-state index in [0.717, 1.165) is 19.5 Å². The van der Waals surface area contributed by atoms with Gasteiger partial charge in [-0.25, -0.2) is 0 Å². The van der Waals surface area contributed by atoms with E-state index in [0.29, 0.717) is 0 Å². The van der Waals surface area contributed by atoms with Crippen LogP contribution >= 0.6 is 27.3 Å². The SMILES string of the molecule is CC(=O)N=c1sc2cccc(Br)c2n1C. The Labute approximate surface area is 99.2 Å². The molecule has 1 heterocycles. The van der Waals surface area contributed by atoms with Gasteiger partial charge < -0.3 is 4.57 Å². The summed E-state index contributed by atoms with van der Waals surface area (Å²) in [7, 11) is 1.91. The van der Waals surface area contributed by atoms with Gasteiger partial charge in [0.15, 0.2) is 4.80 Å². The number of fused-ring (bicyclic) bond motifs is 1. The molecule has 0 saturated carbocycles. The van der Waals surface area contributed by atoms with Crippen molar-refractivity contribution in [3.8, 4) is 0 Å². The van der Waals surface area contributed by atoms with E-state index in [1.165, 1.54) is 18.3 Å². The summed E-state index contributed by atoms with van der Waals surface area (Å²) in [4.78, 5) is 15.6. The number of nitrogens with zero attached hydrogens (tertiary/aromatic N) is 2. The Balaban J connectivity index is 2.87. The molecule has 0 atom stereocenters. The summed E-state index contributed by atoms with van der Waals surface area (Å²) in [6.07, 6.45) is 0. The summed E-state index contributed by atoms with van der Waals surface area (Å²) in [5.41, 5.74) is 1.07. The highest BCUT2D eigenvalue weighted by Gasteiger charge is 2.05. The lowest BCUT2D eigenvalue weighted by Gasteiger charge is -1.97. The van der Waals surface area contributed by atoms with Crippen molar-refractivity contribution in [2.75, 3.05) is 0 Å². The molecule has 2 rings (SSSR count). The smallest absolute Gasteiger partial charge is 0.245 e. The van der Waals surface area contributed by atoms with Gasteiger partial charge in [0.1, 0.15) is 0 Å². The molecule has 0 fully saturated rings. The summed E-state index contributed by atoms with van der Waals surface area (Å²) in [5, 5.41) is 0. The maximum atomic E-state index is 10.9. The van der Waals surface area contributed by atoms with Gasteiger partial charge in [-0.1, -0.05) is 17.4 Å². The summed E-state index contributed by atoms with van der Waals surface area (Å²) in [6, 6.07) is 5.97. The van der Waals surface area contributed by atoms with Gasteiger partial charge in [-0.15, -0.1) is 0 Å². The summed E-state index contributed by atoms with van der Waals surface area (Å²) < 4.78 is 4.06. The fourth-order valence-electron chi connectivity index (χ4n) is 1.40. The maximum Gasteiger partial charge on any atom is 0.245 e. The first-order valence-electron chi connectivity index (χ1n) is 4.39. The van der Waals surface area contributed by atoms with E-state index in [1.54, 1.807) is 0 Å². The molecule has 5 heteroatoms. The third kappa shape index (κ3) is 1.89. The zero-order valence-corrected chi connectivity index (χ0v) is 10.7. The molecule has 0 bridgehead atoms. The molecule has 15 heavy (non-hydrogen) atoms. The van der Waals surface area contributed by atoms with Gasteiger partial charge in [0.2, 0.25) is 5.91 Å². The minimum atomic E-state index is -0.173. The number of hydrogen-bond donors (Lipinski definition) is 0.